The molecule has 182 valence electrons. The van der Waals surface area contributed by atoms with Gasteiger partial charge in [0.05, 0.1) is 16.5 Å². The number of carbonyl (C=O) groups excluding carboxylic acids is 1. The van der Waals surface area contributed by atoms with Crippen LogP contribution < -0.4 is 10.1 Å². The average molecular weight is 569 g/mol. The highest BCUT2D eigenvalue weighted by molar-refractivity contribution is 7.99. The SMILES string of the molecule is CCn1c(COc2ccc(Cl)c(C)c2)nnc1SCC(=O)Nc1nc(-c2ccc(Cl)cc2Cl)cs1. The largest absolute Gasteiger partial charge is 0.486 e. The number of rotatable bonds is 9. The van der Waals surface area contributed by atoms with E-state index in [1.165, 1.54) is 23.1 Å². The number of nitrogens with zero attached hydrogens (tertiary/aromatic N) is 4. The van der Waals surface area contributed by atoms with Crippen molar-refractivity contribution in [1.29, 1.82) is 0 Å². The van der Waals surface area contributed by atoms with Crippen LogP contribution >= 0.6 is 57.9 Å². The van der Waals surface area contributed by atoms with E-state index in [1.807, 2.05) is 35.9 Å². The first-order chi connectivity index (χ1) is 16.8. The first kappa shape index (κ1) is 25.8. The van der Waals surface area contributed by atoms with E-state index >= 15 is 0 Å². The molecular weight excluding hydrogens is 549 g/mol. The Morgan fingerprint density at radius 2 is 1.97 bits per heavy atom. The Hall–Kier alpha value is -2.30. The number of aromatic nitrogens is 4. The van der Waals surface area contributed by atoms with Gasteiger partial charge in [-0.05, 0) is 55.8 Å². The van der Waals surface area contributed by atoms with E-state index in [4.69, 9.17) is 39.5 Å². The Bertz CT molecular complexity index is 1360. The molecule has 0 radical (unpaired) electrons. The maximum Gasteiger partial charge on any atom is 0.236 e. The number of thioether (sulfide) groups is 1. The van der Waals surface area contributed by atoms with Gasteiger partial charge in [0.15, 0.2) is 16.1 Å². The first-order valence-electron chi connectivity index (χ1n) is 10.5. The highest BCUT2D eigenvalue weighted by Crippen LogP contribution is 2.32. The van der Waals surface area contributed by atoms with Gasteiger partial charge in [-0.15, -0.1) is 21.5 Å². The van der Waals surface area contributed by atoms with Crippen molar-refractivity contribution < 1.29 is 9.53 Å². The maximum absolute atomic E-state index is 12.5. The van der Waals surface area contributed by atoms with E-state index in [1.54, 1.807) is 24.3 Å². The summed E-state index contributed by atoms with van der Waals surface area (Å²) in [6.07, 6.45) is 0. The van der Waals surface area contributed by atoms with E-state index in [9.17, 15) is 4.79 Å². The molecule has 2 aromatic carbocycles. The number of hydrogen-bond donors (Lipinski definition) is 1. The van der Waals surface area contributed by atoms with Crippen LogP contribution in [0.5, 0.6) is 5.75 Å². The summed E-state index contributed by atoms with van der Waals surface area (Å²) in [5.74, 6) is 1.34. The van der Waals surface area contributed by atoms with Gasteiger partial charge in [-0.25, -0.2) is 4.98 Å². The predicted octanol–water partition coefficient (Wildman–Crippen LogP) is 7.00. The van der Waals surface area contributed by atoms with Crippen LogP contribution in [0, 0.1) is 6.92 Å². The summed E-state index contributed by atoms with van der Waals surface area (Å²) >= 11 is 20.9. The highest BCUT2D eigenvalue weighted by Gasteiger charge is 2.15. The number of anilines is 1. The number of thiazole rings is 1. The van der Waals surface area contributed by atoms with Crippen LogP contribution in [-0.4, -0.2) is 31.4 Å². The molecule has 7 nitrogen and oxygen atoms in total. The fourth-order valence-corrected chi connectivity index (χ4v) is 5.31. The fourth-order valence-electron chi connectivity index (χ4n) is 3.14. The Labute approximate surface area is 225 Å². The van der Waals surface area contributed by atoms with Crippen LogP contribution in [0.1, 0.15) is 18.3 Å². The zero-order chi connectivity index (χ0) is 24.9. The van der Waals surface area contributed by atoms with Crippen LogP contribution in [0.15, 0.2) is 46.9 Å². The molecule has 1 N–H and O–H groups in total. The summed E-state index contributed by atoms with van der Waals surface area (Å²) in [7, 11) is 0. The zero-order valence-corrected chi connectivity index (χ0v) is 22.6. The van der Waals surface area contributed by atoms with Gasteiger partial charge in [-0.3, -0.25) is 4.79 Å². The molecule has 0 spiro atoms. The van der Waals surface area contributed by atoms with E-state index in [0.29, 0.717) is 49.2 Å². The first-order valence-corrected chi connectivity index (χ1v) is 13.5. The third kappa shape index (κ3) is 6.48. The van der Waals surface area contributed by atoms with Crippen molar-refractivity contribution in [1.82, 2.24) is 19.7 Å². The standard InChI is InChI=1S/C23H20Cl3N5O2S2/c1-3-31-20(10-33-15-5-7-17(25)13(2)8-15)29-30-23(31)35-12-21(32)28-22-27-19(11-34-22)16-6-4-14(24)9-18(16)26/h4-9,11H,3,10,12H2,1-2H3,(H,27,28,32). The summed E-state index contributed by atoms with van der Waals surface area (Å²) < 4.78 is 7.77. The summed E-state index contributed by atoms with van der Waals surface area (Å²) in [4.78, 5) is 17.0. The second-order valence-electron chi connectivity index (χ2n) is 7.34. The lowest BCUT2D eigenvalue weighted by molar-refractivity contribution is -0.113. The minimum Gasteiger partial charge on any atom is -0.486 e. The van der Waals surface area contributed by atoms with E-state index in [0.717, 1.165) is 11.1 Å². The van der Waals surface area contributed by atoms with Crippen molar-refractivity contribution >= 4 is 68.9 Å². The second kappa shape index (κ2) is 11.6. The Kier molecular flexibility index (Phi) is 8.56. The molecule has 0 bridgehead atoms. The molecule has 0 saturated heterocycles. The number of ether oxygens (including phenoxy) is 1. The lowest BCUT2D eigenvalue weighted by atomic mass is 10.2. The molecule has 0 unspecified atom stereocenters. The molecule has 12 heteroatoms. The van der Waals surface area contributed by atoms with Gasteiger partial charge in [0.25, 0.3) is 0 Å². The number of nitrogens with one attached hydrogen (secondary N) is 1. The molecule has 0 fully saturated rings. The predicted molar refractivity (Wildman–Crippen MR) is 143 cm³/mol. The Balaban J connectivity index is 1.34. The van der Waals surface area contributed by atoms with Crippen molar-refractivity contribution in [3.05, 3.63) is 68.2 Å². The topological polar surface area (TPSA) is 81.9 Å². The van der Waals surface area contributed by atoms with E-state index in [2.05, 4.69) is 20.5 Å². The molecule has 0 aliphatic rings. The van der Waals surface area contributed by atoms with Crippen LogP contribution in [0.2, 0.25) is 15.1 Å². The van der Waals surface area contributed by atoms with Crippen LogP contribution in [0.4, 0.5) is 5.13 Å². The molecule has 0 aliphatic carbocycles. The van der Waals surface area contributed by atoms with Gasteiger partial charge in [0.1, 0.15) is 12.4 Å². The smallest absolute Gasteiger partial charge is 0.236 e. The second-order valence-corrected chi connectivity index (χ2v) is 10.4. The molecule has 2 heterocycles. The average Bonchev–Trinajstić information content (AvgIpc) is 3.45. The van der Waals surface area contributed by atoms with Crippen LogP contribution in [0.3, 0.4) is 0 Å². The van der Waals surface area contributed by atoms with E-state index < -0.39 is 0 Å². The summed E-state index contributed by atoms with van der Waals surface area (Å²) in [6, 6.07) is 10.7. The van der Waals surface area contributed by atoms with Crippen molar-refractivity contribution in [3.8, 4) is 17.0 Å². The lowest BCUT2D eigenvalue weighted by Crippen LogP contribution is -2.14. The Morgan fingerprint density at radius 3 is 2.71 bits per heavy atom. The number of hydrogen-bond acceptors (Lipinski definition) is 7. The van der Waals surface area contributed by atoms with Crippen LogP contribution in [-0.2, 0) is 17.9 Å². The summed E-state index contributed by atoms with van der Waals surface area (Å²) in [6.45, 7) is 4.81. The number of aryl methyl sites for hydroxylation is 1. The minimum atomic E-state index is -0.196. The number of halogens is 3. The molecular formula is C23H20Cl3N5O2S2. The van der Waals surface area contributed by atoms with Crippen molar-refractivity contribution in [2.45, 2.75) is 32.2 Å². The zero-order valence-electron chi connectivity index (χ0n) is 18.7. The van der Waals surface area contributed by atoms with Gasteiger partial charge in [0, 0.05) is 27.5 Å². The molecule has 1 amide bonds. The van der Waals surface area contributed by atoms with Crippen LogP contribution in [0.25, 0.3) is 11.3 Å². The minimum absolute atomic E-state index is 0.159. The third-order valence-electron chi connectivity index (χ3n) is 4.90. The molecule has 0 saturated carbocycles. The summed E-state index contributed by atoms with van der Waals surface area (Å²) in [5.41, 5.74) is 2.36. The van der Waals surface area contributed by atoms with Gasteiger partial charge < -0.3 is 14.6 Å². The number of carbonyl (C=O) groups is 1. The maximum atomic E-state index is 12.5. The van der Waals surface area contributed by atoms with Gasteiger partial charge in [0.2, 0.25) is 5.91 Å². The molecule has 4 rings (SSSR count). The van der Waals surface area contributed by atoms with Gasteiger partial charge in [-0.2, -0.15) is 0 Å². The molecule has 0 atom stereocenters. The quantitative estimate of drug-likeness (QED) is 0.219. The molecule has 0 aliphatic heterocycles. The van der Waals surface area contributed by atoms with Crippen molar-refractivity contribution in [2.24, 2.45) is 0 Å². The number of benzene rings is 2. The molecule has 4 aromatic rings. The highest BCUT2D eigenvalue weighted by atomic mass is 35.5. The van der Waals surface area contributed by atoms with E-state index in [-0.39, 0.29) is 18.3 Å². The normalized spacial score (nSPS) is 11.0. The monoisotopic (exact) mass is 567 g/mol. The van der Waals surface area contributed by atoms with Crippen molar-refractivity contribution in [3.63, 3.8) is 0 Å². The van der Waals surface area contributed by atoms with Gasteiger partial charge >= 0.3 is 0 Å². The molecule has 2 aromatic heterocycles. The number of amides is 1. The van der Waals surface area contributed by atoms with Crippen molar-refractivity contribution in [2.75, 3.05) is 11.1 Å². The third-order valence-corrected chi connectivity index (χ3v) is 7.59. The fraction of sp³-hybridized carbons (Fsp3) is 0.217. The molecule has 35 heavy (non-hydrogen) atoms. The lowest BCUT2D eigenvalue weighted by Gasteiger charge is -2.09. The Morgan fingerprint density at radius 1 is 1.14 bits per heavy atom. The summed E-state index contributed by atoms with van der Waals surface area (Å²) in [5, 5.41) is 16.0. The van der Waals surface area contributed by atoms with Gasteiger partial charge in [-0.1, -0.05) is 46.6 Å².